The number of phenols is 1. The molecule has 5 heteroatoms. The number of hydrogen-bond acceptors (Lipinski definition) is 5. The summed E-state index contributed by atoms with van der Waals surface area (Å²) in [6, 6.07) is 45.7. The van der Waals surface area contributed by atoms with E-state index in [1.165, 1.54) is 0 Å². The van der Waals surface area contributed by atoms with Crippen molar-refractivity contribution in [3.8, 4) is 5.75 Å². The van der Waals surface area contributed by atoms with E-state index in [1.54, 1.807) is 0 Å². The molecule has 7 rings (SSSR count). The summed E-state index contributed by atoms with van der Waals surface area (Å²) in [6.07, 6.45) is 3.65. The van der Waals surface area contributed by atoms with Crippen LogP contribution in [0.15, 0.2) is 140 Å². The number of para-hydroxylation sites is 1. The first-order chi connectivity index (χ1) is 23.0. The number of aliphatic hydroxyl groups is 2. The van der Waals surface area contributed by atoms with Crippen molar-refractivity contribution in [1.82, 2.24) is 9.80 Å². The van der Waals surface area contributed by atoms with Crippen molar-refractivity contribution in [2.75, 3.05) is 13.1 Å². The van der Waals surface area contributed by atoms with Crippen LogP contribution in [0.4, 0.5) is 0 Å². The fourth-order valence-corrected chi connectivity index (χ4v) is 8.19. The van der Waals surface area contributed by atoms with Gasteiger partial charge in [-0.15, -0.1) is 0 Å². The van der Waals surface area contributed by atoms with E-state index in [9.17, 15) is 15.3 Å². The van der Waals surface area contributed by atoms with Crippen LogP contribution in [0.25, 0.3) is 0 Å². The fraction of sp³-hybridized carbons (Fsp3) is 0.286. The minimum absolute atomic E-state index is 0.148. The number of phenolic OH excluding ortho intramolecular Hbond substituents is 1. The quantitative estimate of drug-likeness (QED) is 0.154. The van der Waals surface area contributed by atoms with Crippen molar-refractivity contribution in [3.05, 3.63) is 173 Å². The van der Waals surface area contributed by atoms with Crippen LogP contribution in [-0.2, 0) is 24.3 Å². The molecular formula is C42H44N2O3. The van der Waals surface area contributed by atoms with E-state index in [4.69, 9.17) is 0 Å². The molecule has 5 aromatic carbocycles. The minimum Gasteiger partial charge on any atom is -0.507 e. The molecule has 0 radical (unpaired) electrons. The average molecular weight is 625 g/mol. The van der Waals surface area contributed by atoms with Gasteiger partial charge in [-0.2, -0.15) is 0 Å². The van der Waals surface area contributed by atoms with E-state index < -0.39 is 11.2 Å². The van der Waals surface area contributed by atoms with E-state index in [1.807, 2.05) is 140 Å². The first-order valence-electron chi connectivity index (χ1n) is 16.9. The molecule has 2 atom stereocenters. The maximum absolute atomic E-state index is 12.6. The highest BCUT2D eigenvalue weighted by Crippen LogP contribution is 2.43. The Morgan fingerprint density at radius 3 is 1.11 bits per heavy atom. The van der Waals surface area contributed by atoms with Crippen molar-refractivity contribution in [2.45, 2.75) is 62.1 Å². The fourth-order valence-electron chi connectivity index (χ4n) is 8.19. The second-order valence-electron chi connectivity index (χ2n) is 13.2. The van der Waals surface area contributed by atoms with Crippen LogP contribution in [0, 0.1) is 0 Å². The van der Waals surface area contributed by atoms with Gasteiger partial charge >= 0.3 is 0 Å². The lowest BCUT2D eigenvalue weighted by Gasteiger charge is -2.41. The van der Waals surface area contributed by atoms with Crippen molar-refractivity contribution in [2.24, 2.45) is 0 Å². The van der Waals surface area contributed by atoms with Crippen molar-refractivity contribution < 1.29 is 15.3 Å². The molecule has 2 heterocycles. The lowest BCUT2D eigenvalue weighted by molar-refractivity contribution is -0.00733. The van der Waals surface area contributed by atoms with Crippen LogP contribution in [-0.4, -0.2) is 50.3 Å². The summed E-state index contributed by atoms with van der Waals surface area (Å²) < 4.78 is 0. The lowest BCUT2D eigenvalue weighted by atomic mass is 9.79. The van der Waals surface area contributed by atoms with E-state index in [0.717, 1.165) is 72.2 Å². The maximum Gasteiger partial charge on any atom is 0.130 e. The standard InChI is InChI=1S/C42H44N2O3/c45-40-32(30-43-28-14-26-38(43)41(46,34-18-5-1-6-19-34)35-20-7-2-8-21-35)16-13-17-33(40)31-44-29-15-27-39(44)42(47,36-22-9-3-10-23-36)37-24-11-4-12-25-37/h1-13,16-25,38-39,45-47H,14-15,26-31H2/t38-,39-/m0/s1. The van der Waals surface area contributed by atoms with Gasteiger partial charge in [-0.1, -0.05) is 140 Å². The largest absolute Gasteiger partial charge is 0.507 e. The van der Waals surface area contributed by atoms with Crippen LogP contribution in [0.1, 0.15) is 59.1 Å². The zero-order valence-electron chi connectivity index (χ0n) is 26.8. The monoisotopic (exact) mass is 624 g/mol. The summed E-state index contributed by atoms with van der Waals surface area (Å²) in [5.74, 6) is 0.301. The summed E-state index contributed by atoms with van der Waals surface area (Å²) in [5.41, 5.74) is 2.86. The summed E-state index contributed by atoms with van der Waals surface area (Å²) in [7, 11) is 0. The third kappa shape index (κ3) is 5.90. The number of benzene rings is 5. The molecule has 0 bridgehead atoms. The molecule has 2 fully saturated rings. The van der Waals surface area contributed by atoms with Gasteiger partial charge in [0.2, 0.25) is 0 Å². The lowest BCUT2D eigenvalue weighted by Crippen LogP contribution is -2.48. The van der Waals surface area contributed by atoms with Gasteiger partial charge < -0.3 is 15.3 Å². The summed E-state index contributed by atoms with van der Waals surface area (Å²) in [6.45, 7) is 2.75. The number of aromatic hydroxyl groups is 1. The molecule has 240 valence electrons. The Balaban J connectivity index is 1.17. The summed E-state index contributed by atoms with van der Waals surface area (Å²) >= 11 is 0. The molecule has 0 amide bonds. The van der Waals surface area contributed by atoms with Crippen LogP contribution in [0.3, 0.4) is 0 Å². The molecule has 0 spiro atoms. The maximum atomic E-state index is 12.6. The Labute approximate surface area is 278 Å². The van der Waals surface area contributed by atoms with Gasteiger partial charge in [-0.05, 0) is 61.0 Å². The van der Waals surface area contributed by atoms with Gasteiger partial charge in [-0.25, -0.2) is 0 Å². The normalized spacial score (nSPS) is 19.3. The average Bonchev–Trinajstić information content (AvgIpc) is 3.81. The van der Waals surface area contributed by atoms with Crippen molar-refractivity contribution in [1.29, 1.82) is 0 Å². The van der Waals surface area contributed by atoms with E-state index in [2.05, 4.69) is 9.80 Å². The Kier molecular flexibility index (Phi) is 8.98. The first-order valence-corrected chi connectivity index (χ1v) is 16.9. The van der Waals surface area contributed by atoms with Gasteiger partial charge in [0, 0.05) is 36.3 Å². The van der Waals surface area contributed by atoms with E-state index >= 15 is 0 Å². The highest BCUT2D eigenvalue weighted by atomic mass is 16.3. The Morgan fingerprint density at radius 2 is 0.787 bits per heavy atom. The Bertz CT molecular complexity index is 1540. The Morgan fingerprint density at radius 1 is 0.468 bits per heavy atom. The summed E-state index contributed by atoms with van der Waals surface area (Å²) in [4.78, 5) is 4.67. The van der Waals surface area contributed by atoms with Gasteiger partial charge in [0.05, 0.1) is 0 Å². The van der Waals surface area contributed by atoms with Gasteiger partial charge in [-0.3, -0.25) is 9.80 Å². The molecule has 0 aliphatic carbocycles. The van der Waals surface area contributed by atoms with Gasteiger partial charge in [0.1, 0.15) is 17.0 Å². The Hall–Kier alpha value is -4.26. The molecule has 0 saturated carbocycles. The number of hydrogen-bond donors (Lipinski definition) is 3. The molecule has 5 nitrogen and oxygen atoms in total. The van der Waals surface area contributed by atoms with Crippen molar-refractivity contribution >= 4 is 0 Å². The van der Waals surface area contributed by atoms with Gasteiger partial charge in [0.25, 0.3) is 0 Å². The zero-order chi connectivity index (χ0) is 32.3. The van der Waals surface area contributed by atoms with Crippen molar-refractivity contribution in [3.63, 3.8) is 0 Å². The number of rotatable bonds is 10. The first kappa shape index (κ1) is 31.3. The molecule has 2 aliphatic heterocycles. The third-order valence-electron chi connectivity index (χ3n) is 10.5. The molecule has 0 aromatic heterocycles. The van der Waals surface area contributed by atoms with E-state index in [0.29, 0.717) is 18.8 Å². The minimum atomic E-state index is -1.19. The molecular weight excluding hydrogens is 580 g/mol. The zero-order valence-corrected chi connectivity index (χ0v) is 26.8. The third-order valence-corrected chi connectivity index (χ3v) is 10.5. The molecule has 5 aromatic rings. The number of likely N-dealkylation sites (tertiary alicyclic amines) is 2. The SMILES string of the molecule is Oc1c(CN2CCC[C@H]2C(O)(c2ccccc2)c2ccccc2)cccc1CN1CCC[C@H]1C(O)(c1ccccc1)c1ccccc1. The predicted octanol–water partition coefficient (Wildman–Crippen LogP) is 7.19. The number of nitrogens with zero attached hydrogens (tertiary/aromatic N) is 2. The van der Waals surface area contributed by atoms with E-state index in [-0.39, 0.29) is 12.1 Å². The molecule has 0 unspecified atom stereocenters. The summed E-state index contributed by atoms with van der Waals surface area (Å²) in [5, 5.41) is 36.9. The van der Waals surface area contributed by atoms with Crippen LogP contribution >= 0.6 is 0 Å². The van der Waals surface area contributed by atoms with Crippen LogP contribution in [0.5, 0.6) is 5.75 Å². The highest BCUT2D eigenvalue weighted by molar-refractivity contribution is 5.43. The molecule has 3 N–H and O–H groups in total. The molecule has 47 heavy (non-hydrogen) atoms. The second-order valence-corrected chi connectivity index (χ2v) is 13.2. The topological polar surface area (TPSA) is 67.2 Å². The molecule has 2 saturated heterocycles. The smallest absolute Gasteiger partial charge is 0.130 e. The second kappa shape index (κ2) is 13.5. The predicted molar refractivity (Wildman–Crippen MR) is 187 cm³/mol. The van der Waals surface area contributed by atoms with Crippen LogP contribution in [0.2, 0.25) is 0 Å². The van der Waals surface area contributed by atoms with Gasteiger partial charge in [0.15, 0.2) is 0 Å². The van der Waals surface area contributed by atoms with Crippen LogP contribution < -0.4 is 0 Å². The molecule has 2 aliphatic rings. The highest BCUT2D eigenvalue weighted by Gasteiger charge is 2.47.